The van der Waals surface area contributed by atoms with Crippen molar-refractivity contribution in [2.75, 3.05) is 6.61 Å². The number of azide groups is 1. The summed E-state index contributed by atoms with van der Waals surface area (Å²) in [6.07, 6.45) is -1.13. The van der Waals surface area contributed by atoms with Crippen LogP contribution < -0.4 is 5.73 Å². The average Bonchev–Trinajstić information content (AvgIpc) is 2.92. The van der Waals surface area contributed by atoms with Gasteiger partial charge in [-0.1, -0.05) is 35.4 Å². The first kappa shape index (κ1) is 13.4. The highest BCUT2D eigenvalue weighted by atomic mass is 16.7. The molecule has 2 heterocycles. The van der Waals surface area contributed by atoms with Gasteiger partial charge in [0.1, 0.15) is 6.10 Å². The molecule has 20 heavy (non-hydrogen) atoms. The highest BCUT2D eigenvalue weighted by Crippen LogP contribution is 2.31. The van der Waals surface area contributed by atoms with E-state index in [2.05, 4.69) is 10.0 Å². The maximum Gasteiger partial charge on any atom is 0.173 e. The Kier molecular flexibility index (Phi) is 3.86. The molecule has 2 aliphatic rings. The molecular formula is C13H16N4O3. The van der Waals surface area contributed by atoms with Crippen molar-refractivity contribution in [2.24, 2.45) is 10.8 Å². The molecule has 0 saturated carbocycles. The lowest BCUT2D eigenvalue weighted by molar-refractivity contribution is -0.156. The number of fused-ring (bicyclic) bond motifs is 2. The molecule has 2 fully saturated rings. The van der Waals surface area contributed by atoms with Crippen LogP contribution in [0.5, 0.6) is 0 Å². The Morgan fingerprint density at radius 2 is 2.20 bits per heavy atom. The Morgan fingerprint density at radius 1 is 1.40 bits per heavy atom. The summed E-state index contributed by atoms with van der Waals surface area (Å²) in [6.45, 7) is 0.829. The molecule has 106 valence electrons. The summed E-state index contributed by atoms with van der Waals surface area (Å²) in [6, 6.07) is 8.80. The minimum atomic E-state index is -0.509. The number of nitrogens with zero attached hydrogens (tertiary/aromatic N) is 3. The van der Waals surface area contributed by atoms with Crippen molar-refractivity contribution in [1.29, 1.82) is 0 Å². The van der Waals surface area contributed by atoms with E-state index in [9.17, 15) is 0 Å². The summed E-state index contributed by atoms with van der Waals surface area (Å²) >= 11 is 0. The zero-order valence-electron chi connectivity index (χ0n) is 10.8. The van der Waals surface area contributed by atoms with Gasteiger partial charge in [0.25, 0.3) is 0 Å². The number of nitrogens with two attached hydrogens (primary N) is 1. The van der Waals surface area contributed by atoms with E-state index in [0.717, 1.165) is 5.56 Å². The monoisotopic (exact) mass is 276 g/mol. The third-order valence-corrected chi connectivity index (χ3v) is 3.62. The van der Waals surface area contributed by atoms with Gasteiger partial charge in [-0.05, 0) is 11.1 Å². The fraction of sp³-hybridized carbons (Fsp3) is 0.538. The van der Waals surface area contributed by atoms with E-state index in [-0.39, 0.29) is 12.2 Å². The Hall–Kier alpha value is -1.63. The van der Waals surface area contributed by atoms with Gasteiger partial charge >= 0.3 is 0 Å². The van der Waals surface area contributed by atoms with E-state index < -0.39 is 18.4 Å². The minimum absolute atomic E-state index is 0.237. The van der Waals surface area contributed by atoms with Crippen molar-refractivity contribution >= 4 is 0 Å². The summed E-state index contributed by atoms with van der Waals surface area (Å²) in [5.41, 5.74) is 15.8. The molecule has 2 aliphatic heterocycles. The van der Waals surface area contributed by atoms with E-state index in [1.54, 1.807) is 0 Å². The topological polar surface area (TPSA) is 102 Å². The van der Waals surface area contributed by atoms with Gasteiger partial charge in [-0.2, -0.15) is 0 Å². The summed E-state index contributed by atoms with van der Waals surface area (Å²) in [4.78, 5) is 2.87. The Bertz CT molecular complexity index is 506. The molecule has 0 aromatic heterocycles. The van der Waals surface area contributed by atoms with E-state index in [1.165, 1.54) is 0 Å². The molecule has 3 rings (SSSR count). The van der Waals surface area contributed by atoms with Crippen LogP contribution >= 0.6 is 0 Å². The van der Waals surface area contributed by atoms with Crippen LogP contribution in [0, 0.1) is 0 Å². The number of hydrogen-bond acceptors (Lipinski definition) is 5. The molecule has 0 radical (unpaired) electrons. The van der Waals surface area contributed by atoms with Crippen LogP contribution in [-0.2, 0) is 20.8 Å². The van der Waals surface area contributed by atoms with E-state index in [0.29, 0.717) is 13.2 Å². The van der Waals surface area contributed by atoms with Gasteiger partial charge < -0.3 is 19.9 Å². The van der Waals surface area contributed by atoms with E-state index in [1.807, 2.05) is 30.3 Å². The molecular weight excluding hydrogens is 260 g/mol. The summed E-state index contributed by atoms with van der Waals surface area (Å²) in [5, 5.41) is 3.77. The van der Waals surface area contributed by atoms with Crippen molar-refractivity contribution in [3.8, 4) is 0 Å². The number of benzene rings is 1. The van der Waals surface area contributed by atoms with Crippen LogP contribution in [0.1, 0.15) is 5.56 Å². The van der Waals surface area contributed by atoms with Crippen LogP contribution in [0.15, 0.2) is 35.4 Å². The maximum atomic E-state index is 8.70. The smallest absolute Gasteiger partial charge is 0.173 e. The molecule has 7 nitrogen and oxygen atoms in total. The van der Waals surface area contributed by atoms with Gasteiger partial charge in [-0.15, -0.1) is 0 Å². The second-order valence-corrected chi connectivity index (χ2v) is 4.91. The van der Waals surface area contributed by atoms with Gasteiger partial charge in [-0.25, -0.2) is 0 Å². The standard InChI is InChI=1S/C13H16N4O3/c14-10-11(16-17-15)12(9-7-19-13(10)20-9)18-6-8-4-2-1-3-5-8/h1-5,9-13H,6-7,14H2/t9-,10-,11-,12-,13-/m1/s1. The average molecular weight is 276 g/mol. The molecule has 0 unspecified atom stereocenters. The normalized spacial score (nSPS) is 35.5. The molecule has 0 aliphatic carbocycles. The van der Waals surface area contributed by atoms with Crippen LogP contribution in [-0.4, -0.2) is 37.2 Å². The fourth-order valence-corrected chi connectivity index (χ4v) is 2.59. The van der Waals surface area contributed by atoms with Gasteiger partial charge in [-0.3, -0.25) is 0 Å². The molecule has 0 spiro atoms. The lowest BCUT2D eigenvalue weighted by Crippen LogP contribution is -2.57. The van der Waals surface area contributed by atoms with E-state index in [4.69, 9.17) is 25.5 Å². The molecule has 5 atom stereocenters. The van der Waals surface area contributed by atoms with Crippen molar-refractivity contribution < 1.29 is 14.2 Å². The van der Waals surface area contributed by atoms with Gasteiger partial charge in [0.05, 0.1) is 31.4 Å². The zero-order chi connectivity index (χ0) is 13.9. The van der Waals surface area contributed by atoms with Gasteiger partial charge in [0.15, 0.2) is 6.29 Å². The minimum Gasteiger partial charge on any atom is -0.370 e. The molecule has 1 aromatic rings. The van der Waals surface area contributed by atoms with Crippen LogP contribution in [0.25, 0.3) is 10.4 Å². The highest BCUT2D eigenvalue weighted by molar-refractivity contribution is 5.13. The molecule has 2 N–H and O–H groups in total. The van der Waals surface area contributed by atoms with Gasteiger partial charge in [0.2, 0.25) is 0 Å². The Labute approximate surface area is 116 Å². The number of rotatable bonds is 4. The Balaban J connectivity index is 1.73. The fourth-order valence-electron chi connectivity index (χ4n) is 2.59. The van der Waals surface area contributed by atoms with Crippen molar-refractivity contribution in [3.63, 3.8) is 0 Å². The molecule has 1 aromatic carbocycles. The first-order valence-electron chi connectivity index (χ1n) is 6.52. The first-order chi connectivity index (χ1) is 9.79. The van der Waals surface area contributed by atoms with Gasteiger partial charge in [0, 0.05) is 4.91 Å². The maximum absolute atomic E-state index is 8.70. The highest BCUT2D eigenvalue weighted by Gasteiger charge is 2.49. The predicted molar refractivity (Wildman–Crippen MR) is 70.5 cm³/mol. The lowest BCUT2D eigenvalue weighted by atomic mass is 9.97. The second-order valence-electron chi connectivity index (χ2n) is 4.91. The first-order valence-corrected chi connectivity index (χ1v) is 6.52. The third-order valence-electron chi connectivity index (χ3n) is 3.62. The summed E-state index contributed by atoms with van der Waals surface area (Å²) in [5.74, 6) is 0. The number of ether oxygens (including phenoxy) is 3. The molecule has 2 saturated heterocycles. The third kappa shape index (κ3) is 2.49. The van der Waals surface area contributed by atoms with Crippen molar-refractivity contribution in [2.45, 2.75) is 37.2 Å². The SMILES string of the molecule is [N-]=[N+]=N[C@@H]1[C@@H](N)[C@@H]2OC[C@@H](O2)[C@H]1OCc1ccccc1. The quantitative estimate of drug-likeness (QED) is 0.509. The summed E-state index contributed by atoms with van der Waals surface area (Å²) in [7, 11) is 0. The number of hydrogen-bond donors (Lipinski definition) is 1. The van der Waals surface area contributed by atoms with Crippen LogP contribution in [0.4, 0.5) is 0 Å². The molecule has 0 amide bonds. The summed E-state index contributed by atoms with van der Waals surface area (Å²) < 4.78 is 17.0. The molecule has 7 heteroatoms. The largest absolute Gasteiger partial charge is 0.370 e. The molecule has 2 bridgehead atoms. The predicted octanol–water partition coefficient (Wildman–Crippen LogP) is 1.33. The second kappa shape index (κ2) is 5.78. The van der Waals surface area contributed by atoms with Crippen LogP contribution in [0.2, 0.25) is 0 Å². The van der Waals surface area contributed by atoms with E-state index >= 15 is 0 Å². The van der Waals surface area contributed by atoms with Crippen molar-refractivity contribution in [3.05, 3.63) is 46.3 Å². The van der Waals surface area contributed by atoms with Crippen LogP contribution in [0.3, 0.4) is 0 Å². The Morgan fingerprint density at radius 3 is 2.95 bits per heavy atom. The lowest BCUT2D eigenvalue weighted by Gasteiger charge is -2.36. The van der Waals surface area contributed by atoms with Crippen molar-refractivity contribution in [1.82, 2.24) is 0 Å². The zero-order valence-corrected chi connectivity index (χ0v) is 10.8.